The van der Waals surface area contributed by atoms with Gasteiger partial charge < -0.3 is 36.1 Å². The van der Waals surface area contributed by atoms with E-state index in [0.717, 1.165) is 43.2 Å². The summed E-state index contributed by atoms with van der Waals surface area (Å²) < 4.78 is 5.42. The van der Waals surface area contributed by atoms with Gasteiger partial charge in [-0.15, -0.1) is 0 Å². The minimum absolute atomic E-state index is 0.0205. The van der Waals surface area contributed by atoms with E-state index in [1.165, 1.54) is 6.33 Å². The molecule has 1 fully saturated rings. The van der Waals surface area contributed by atoms with Crippen molar-refractivity contribution in [1.29, 1.82) is 0 Å². The number of aromatic amines is 1. The van der Waals surface area contributed by atoms with Crippen molar-refractivity contribution in [3.05, 3.63) is 102 Å². The van der Waals surface area contributed by atoms with E-state index in [4.69, 9.17) is 4.74 Å². The molecule has 1 saturated carbocycles. The van der Waals surface area contributed by atoms with E-state index in [1.54, 1.807) is 6.20 Å². The summed E-state index contributed by atoms with van der Waals surface area (Å²) >= 11 is 0. The minimum atomic E-state index is -1.09. The maximum Gasteiger partial charge on any atom is 0.408 e. The number of H-pyrrole nitrogens is 1. The van der Waals surface area contributed by atoms with Crippen LogP contribution in [-0.2, 0) is 38.6 Å². The summed E-state index contributed by atoms with van der Waals surface area (Å²) in [6.07, 6.45) is 7.19. The minimum Gasteiger partial charge on any atom is -0.445 e. The molecule has 4 atom stereocenters. The fourth-order valence-corrected chi connectivity index (χ4v) is 6.35. The first kappa shape index (κ1) is 39.8. The van der Waals surface area contributed by atoms with Crippen molar-refractivity contribution >= 4 is 23.8 Å². The van der Waals surface area contributed by atoms with E-state index in [0.29, 0.717) is 24.6 Å². The number of aliphatic hydroxyl groups excluding tert-OH is 1. The lowest BCUT2D eigenvalue weighted by Gasteiger charge is -2.32. The van der Waals surface area contributed by atoms with Gasteiger partial charge >= 0.3 is 6.09 Å². The Labute approximate surface area is 306 Å². The smallest absolute Gasteiger partial charge is 0.408 e. The number of carbonyl (C=O) groups is 4. The van der Waals surface area contributed by atoms with E-state index in [1.807, 2.05) is 74.5 Å². The monoisotopic (exact) mass is 714 g/mol. The van der Waals surface area contributed by atoms with Crippen molar-refractivity contribution in [3.8, 4) is 0 Å². The van der Waals surface area contributed by atoms with E-state index in [9.17, 15) is 24.3 Å². The Hall–Kier alpha value is -4.97. The van der Waals surface area contributed by atoms with Crippen LogP contribution in [0.2, 0.25) is 0 Å². The number of nitrogens with one attached hydrogen (secondary N) is 5. The number of benzene rings is 2. The number of aliphatic hydroxyl groups is 1. The fourth-order valence-electron chi connectivity index (χ4n) is 6.35. The van der Waals surface area contributed by atoms with Crippen LogP contribution < -0.4 is 21.3 Å². The molecule has 0 bridgehead atoms. The van der Waals surface area contributed by atoms with Crippen molar-refractivity contribution < 1.29 is 29.0 Å². The van der Waals surface area contributed by atoms with Gasteiger partial charge in [-0.2, -0.15) is 0 Å². The Balaban J connectivity index is 1.51. The average Bonchev–Trinajstić information content (AvgIpc) is 3.66. The molecule has 3 aromatic rings. The number of imidazole rings is 1. The zero-order valence-corrected chi connectivity index (χ0v) is 30.3. The third-order valence-electron chi connectivity index (χ3n) is 9.27. The predicted molar refractivity (Wildman–Crippen MR) is 199 cm³/mol. The lowest BCUT2D eigenvalue weighted by molar-refractivity contribution is -0.131. The van der Waals surface area contributed by atoms with Gasteiger partial charge in [-0.05, 0) is 29.4 Å². The predicted octanol–water partition coefficient (Wildman–Crippen LogP) is 4.51. The lowest BCUT2D eigenvalue weighted by Crippen LogP contribution is -2.57. The van der Waals surface area contributed by atoms with Gasteiger partial charge in [0.25, 0.3) is 0 Å². The first-order valence-electron chi connectivity index (χ1n) is 18.3. The molecule has 1 aliphatic carbocycles. The van der Waals surface area contributed by atoms with Crippen LogP contribution in [0, 0.1) is 11.8 Å². The van der Waals surface area contributed by atoms with Gasteiger partial charge in [-0.3, -0.25) is 14.4 Å². The molecule has 0 spiro atoms. The van der Waals surface area contributed by atoms with E-state index < -0.39 is 42.1 Å². The van der Waals surface area contributed by atoms with Gasteiger partial charge in [0, 0.05) is 43.3 Å². The van der Waals surface area contributed by atoms with Gasteiger partial charge in [0.1, 0.15) is 18.7 Å². The quantitative estimate of drug-likeness (QED) is 0.0991. The number of hydrogen-bond acceptors (Lipinski definition) is 7. The maximum atomic E-state index is 14.1. The Bertz CT molecular complexity index is 1560. The second-order valence-corrected chi connectivity index (χ2v) is 14.1. The molecule has 1 aliphatic rings. The number of aromatic nitrogens is 2. The summed E-state index contributed by atoms with van der Waals surface area (Å²) in [5.41, 5.74) is 2.43. The number of hydrogen-bond donors (Lipinski definition) is 6. The largest absolute Gasteiger partial charge is 0.445 e. The van der Waals surface area contributed by atoms with Crippen LogP contribution in [0.25, 0.3) is 0 Å². The maximum absolute atomic E-state index is 14.1. The van der Waals surface area contributed by atoms with Crippen molar-refractivity contribution in [1.82, 2.24) is 31.2 Å². The molecule has 52 heavy (non-hydrogen) atoms. The molecular weight excluding hydrogens is 660 g/mol. The topological polar surface area (TPSA) is 175 Å². The Kier molecular flexibility index (Phi) is 15.9. The molecule has 0 saturated heterocycles. The number of alkyl carbamates (subject to hydrolysis) is 1. The van der Waals surface area contributed by atoms with Gasteiger partial charge in [-0.1, -0.05) is 113 Å². The highest BCUT2D eigenvalue weighted by Crippen LogP contribution is 2.29. The van der Waals surface area contributed by atoms with Crippen LogP contribution in [0.1, 0.15) is 75.6 Å². The van der Waals surface area contributed by atoms with E-state index in [-0.39, 0.29) is 43.3 Å². The summed E-state index contributed by atoms with van der Waals surface area (Å²) in [5.74, 6) is -0.884. The molecule has 4 amide bonds. The Morgan fingerprint density at radius 3 is 2.15 bits per heavy atom. The summed E-state index contributed by atoms with van der Waals surface area (Å²) in [7, 11) is 0. The van der Waals surface area contributed by atoms with Gasteiger partial charge in [0.05, 0.1) is 18.5 Å². The second-order valence-electron chi connectivity index (χ2n) is 14.1. The van der Waals surface area contributed by atoms with Crippen LogP contribution in [0.3, 0.4) is 0 Å². The first-order chi connectivity index (χ1) is 25.1. The molecule has 2 aromatic carbocycles. The van der Waals surface area contributed by atoms with Crippen LogP contribution in [-0.4, -0.2) is 69.7 Å². The van der Waals surface area contributed by atoms with Crippen molar-refractivity contribution in [2.75, 3.05) is 6.54 Å². The molecule has 280 valence electrons. The van der Waals surface area contributed by atoms with Crippen LogP contribution in [0.15, 0.2) is 85.3 Å². The Morgan fingerprint density at radius 2 is 1.52 bits per heavy atom. The fraction of sp³-hybridized carbons (Fsp3) is 0.475. The lowest BCUT2D eigenvalue weighted by atomic mass is 9.83. The van der Waals surface area contributed by atoms with Crippen LogP contribution in [0.4, 0.5) is 4.79 Å². The molecule has 1 heterocycles. The van der Waals surface area contributed by atoms with Gasteiger partial charge in [0.15, 0.2) is 0 Å². The van der Waals surface area contributed by atoms with Crippen LogP contribution >= 0.6 is 0 Å². The summed E-state index contributed by atoms with van der Waals surface area (Å²) in [4.78, 5) is 60.8. The number of amides is 4. The molecule has 12 nitrogen and oxygen atoms in total. The molecule has 12 heteroatoms. The number of rotatable bonds is 19. The molecule has 0 unspecified atom stereocenters. The van der Waals surface area contributed by atoms with E-state index >= 15 is 0 Å². The summed E-state index contributed by atoms with van der Waals surface area (Å²) in [6.45, 7) is 8.40. The van der Waals surface area contributed by atoms with Gasteiger partial charge in [0.2, 0.25) is 17.7 Å². The number of ether oxygens (including phenoxy) is 1. The molecule has 6 N–H and O–H groups in total. The third kappa shape index (κ3) is 13.6. The standard InChI is InChI=1S/C40H54N6O6/c1-27(2)23-42-37(48)28(3)19-36(47)33(20-29-13-7-4-8-14-29)44-39(50)35(22-32-24-41-26-43-32)45-38(49)34(21-30-15-9-5-10-16-30)46-40(51)52-25-31-17-11-6-12-18-31/h5-6,9-12,15-18,24,26-27,29,33-36,47H,3-4,7-8,13-14,19-23,25H2,1-2H3,(H,41,43)(H,42,48)(H,44,50)(H,45,49)(H,46,51)/t33-,34-,35-,36-/m0/s1. The summed E-state index contributed by atoms with van der Waals surface area (Å²) in [5, 5.41) is 22.9. The van der Waals surface area contributed by atoms with Crippen molar-refractivity contribution in [2.45, 2.75) is 102 Å². The highest BCUT2D eigenvalue weighted by molar-refractivity contribution is 5.93. The third-order valence-corrected chi connectivity index (χ3v) is 9.27. The highest BCUT2D eigenvalue weighted by Gasteiger charge is 2.32. The SMILES string of the molecule is C=C(C[C@H](O)[C@H](CC1CCCCC1)NC(=O)[C@H](Cc1cnc[nH]1)NC(=O)[C@H](Cc1ccccc1)NC(=O)OCc1ccccc1)C(=O)NCC(C)C. The highest BCUT2D eigenvalue weighted by atomic mass is 16.5. The molecule has 4 rings (SSSR count). The van der Waals surface area contributed by atoms with Gasteiger partial charge in [-0.25, -0.2) is 9.78 Å². The molecule has 0 radical (unpaired) electrons. The first-order valence-corrected chi connectivity index (χ1v) is 18.3. The summed E-state index contributed by atoms with van der Waals surface area (Å²) in [6, 6.07) is 15.6. The number of nitrogens with zero attached hydrogens (tertiary/aromatic N) is 1. The van der Waals surface area contributed by atoms with E-state index in [2.05, 4.69) is 37.8 Å². The number of carbonyl (C=O) groups excluding carboxylic acids is 4. The zero-order chi connectivity index (χ0) is 37.3. The Morgan fingerprint density at radius 1 is 0.885 bits per heavy atom. The van der Waals surface area contributed by atoms with Crippen molar-refractivity contribution in [3.63, 3.8) is 0 Å². The second kappa shape index (κ2) is 20.8. The average molecular weight is 715 g/mol. The zero-order valence-electron chi connectivity index (χ0n) is 30.3. The molecule has 0 aliphatic heterocycles. The molecular formula is C40H54N6O6. The molecule has 1 aromatic heterocycles. The van der Waals surface area contributed by atoms with Crippen LogP contribution in [0.5, 0.6) is 0 Å². The van der Waals surface area contributed by atoms with Crippen molar-refractivity contribution in [2.24, 2.45) is 11.8 Å². The normalized spacial score (nSPS) is 15.5.